The van der Waals surface area contributed by atoms with E-state index in [1.807, 2.05) is 0 Å². The second kappa shape index (κ2) is 12.5. The lowest BCUT2D eigenvalue weighted by molar-refractivity contribution is 0.591. The maximum absolute atomic E-state index is 2.75. The summed E-state index contributed by atoms with van der Waals surface area (Å²) in [5, 5.41) is 10.5. The zero-order valence-electron chi connectivity index (χ0n) is 35.4. The van der Waals surface area contributed by atoms with Crippen LogP contribution >= 0.6 is 0 Å². The van der Waals surface area contributed by atoms with Crippen LogP contribution in [-0.2, 0) is 5.41 Å². The largest absolute Gasteiger partial charge is 0.375 e. The minimum Gasteiger partial charge on any atom is -0.375 e. The SMILES string of the molecule is CC(C)(C)c1cc2ccc3c4c5c(c6ccc(c1)c2c36)-n1c(-c2ccccc2)c(-c2ccccc2)c2cccc(c21)B5n1c(-c2ccccc2)c(-c2ccccc2)c2cccc-4c21. The number of benzene rings is 10. The van der Waals surface area contributed by atoms with Gasteiger partial charge in [-0.15, -0.1) is 0 Å². The maximum Gasteiger partial charge on any atom is 0.333 e. The Hall–Kier alpha value is -7.62. The lowest BCUT2D eigenvalue weighted by Crippen LogP contribution is -2.55. The van der Waals surface area contributed by atoms with E-state index in [2.05, 4.69) is 224 Å². The van der Waals surface area contributed by atoms with Gasteiger partial charge in [0.15, 0.2) is 0 Å². The third-order valence-electron chi connectivity index (χ3n) is 14.3. The fourth-order valence-corrected chi connectivity index (χ4v) is 11.8. The molecule has 0 aliphatic carbocycles. The standard InChI is InChI=1S/C60H41BN2/c1-60(2,3)42-34-40-30-32-43-52-47(33-31-41(35-42)49(40)52)59-54-53(43)46-27-16-26-44-51(37-20-10-5-11-21-37)56(39-24-14-7-15-25-39)63(57(44)46)61(54)48-29-17-28-45-50(36-18-8-4-9-19-36)55(62(59)58(45)48)38-22-12-6-13-23-38/h4-35H,1-3H3. The number of para-hydroxylation sites is 2. The molecule has 12 aromatic rings. The zero-order chi connectivity index (χ0) is 41.7. The molecule has 0 spiro atoms. The highest BCUT2D eigenvalue weighted by atomic mass is 15.0. The maximum atomic E-state index is 2.75. The first-order valence-electron chi connectivity index (χ1n) is 22.3. The van der Waals surface area contributed by atoms with Crippen molar-refractivity contribution in [3.8, 4) is 61.6 Å². The van der Waals surface area contributed by atoms with E-state index < -0.39 is 0 Å². The van der Waals surface area contributed by atoms with Gasteiger partial charge in [0.2, 0.25) is 0 Å². The van der Waals surface area contributed by atoms with Crippen molar-refractivity contribution < 1.29 is 0 Å². The van der Waals surface area contributed by atoms with Gasteiger partial charge in [0, 0.05) is 49.4 Å². The van der Waals surface area contributed by atoms with E-state index in [9.17, 15) is 0 Å². The van der Waals surface area contributed by atoms with E-state index >= 15 is 0 Å². The third-order valence-corrected chi connectivity index (χ3v) is 14.3. The van der Waals surface area contributed by atoms with Gasteiger partial charge in [0.25, 0.3) is 0 Å². The average molecular weight is 801 g/mol. The molecule has 0 unspecified atom stereocenters. The summed E-state index contributed by atoms with van der Waals surface area (Å²) in [4.78, 5) is 0. The molecule has 2 nitrogen and oxygen atoms in total. The molecule has 0 bridgehead atoms. The van der Waals surface area contributed by atoms with E-state index in [-0.39, 0.29) is 12.3 Å². The Bertz CT molecular complexity index is 3830. The molecule has 294 valence electrons. The highest BCUT2D eigenvalue weighted by molar-refractivity contribution is 6.90. The monoisotopic (exact) mass is 800 g/mol. The second-order valence-electron chi connectivity index (χ2n) is 18.8. The number of hydrogen-bond acceptors (Lipinski definition) is 0. The summed E-state index contributed by atoms with van der Waals surface area (Å²) in [7, 11) is 0. The Kier molecular flexibility index (Phi) is 6.95. The summed E-state index contributed by atoms with van der Waals surface area (Å²) < 4.78 is 5.44. The summed E-state index contributed by atoms with van der Waals surface area (Å²) in [5.41, 5.74) is 20.5. The van der Waals surface area contributed by atoms with Crippen LogP contribution in [0.1, 0.15) is 26.3 Å². The molecule has 4 heterocycles. The Labute approximate surface area is 366 Å². The van der Waals surface area contributed by atoms with Crippen molar-refractivity contribution in [3.05, 3.63) is 200 Å². The van der Waals surface area contributed by atoms with Crippen LogP contribution in [0.5, 0.6) is 0 Å². The Balaban J connectivity index is 1.26. The van der Waals surface area contributed by atoms with Crippen molar-refractivity contribution in [1.29, 1.82) is 0 Å². The van der Waals surface area contributed by atoms with Gasteiger partial charge in [-0.25, -0.2) is 0 Å². The fourth-order valence-electron chi connectivity index (χ4n) is 11.8. The van der Waals surface area contributed by atoms with Crippen molar-refractivity contribution in [2.24, 2.45) is 0 Å². The van der Waals surface area contributed by atoms with Crippen molar-refractivity contribution in [2.45, 2.75) is 26.2 Å². The molecule has 0 saturated carbocycles. The quantitative estimate of drug-likeness (QED) is 0.124. The van der Waals surface area contributed by atoms with Gasteiger partial charge >= 0.3 is 6.85 Å². The lowest BCUT2D eigenvalue weighted by atomic mass is 9.45. The molecule has 63 heavy (non-hydrogen) atoms. The topological polar surface area (TPSA) is 9.86 Å². The van der Waals surface area contributed by atoms with Gasteiger partial charge in [-0.1, -0.05) is 215 Å². The average Bonchev–Trinajstić information content (AvgIpc) is 3.86. The molecule has 2 aromatic heterocycles. The summed E-state index contributed by atoms with van der Waals surface area (Å²) in [6.07, 6.45) is 0. The number of rotatable bonds is 4. The minimum absolute atomic E-state index is 0.0235. The van der Waals surface area contributed by atoms with Crippen LogP contribution in [0.4, 0.5) is 0 Å². The summed E-state index contributed by atoms with van der Waals surface area (Å²) in [5.74, 6) is 0. The van der Waals surface area contributed by atoms with Crippen LogP contribution in [0.15, 0.2) is 194 Å². The fraction of sp³-hybridized carbons (Fsp3) is 0.0667. The van der Waals surface area contributed by atoms with Gasteiger partial charge in [-0.2, -0.15) is 0 Å². The van der Waals surface area contributed by atoms with Gasteiger partial charge < -0.3 is 9.05 Å². The van der Waals surface area contributed by atoms with E-state index in [1.165, 1.54) is 132 Å². The highest BCUT2D eigenvalue weighted by Crippen LogP contribution is 2.53. The van der Waals surface area contributed by atoms with Crippen LogP contribution in [-0.4, -0.2) is 15.9 Å². The molecular weight excluding hydrogens is 759 g/mol. The first-order chi connectivity index (χ1) is 31.0. The number of fused-ring (bicyclic) bond motifs is 6. The van der Waals surface area contributed by atoms with Crippen LogP contribution in [0, 0.1) is 0 Å². The Morgan fingerprint density at radius 1 is 0.413 bits per heavy atom. The van der Waals surface area contributed by atoms with E-state index in [1.54, 1.807) is 0 Å². The van der Waals surface area contributed by atoms with Crippen molar-refractivity contribution >= 4 is 71.9 Å². The molecule has 0 radical (unpaired) electrons. The molecule has 2 aliphatic heterocycles. The predicted octanol–water partition coefficient (Wildman–Crippen LogP) is 14.4. The predicted molar refractivity (Wildman–Crippen MR) is 269 cm³/mol. The van der Waals surface area contributed by atoms with Crippen LogP contribution in [0.3, 0.4) is 0 Å². The van der Waals surface area contributed by atoms with E-state index in [4.69, 9.17) is 0 Å². The normalized spacial score (nSPS) is 13.0. The third kappa shape index (κ3) is 4.59. The summed E-state index contributed by atoms with van der Waals surface area (Å²) in [6.45, 7) is 6.88. The first kappa shape index (κ1) is 35.0. The molecule has 14 rings (SSSR count). The first-order valence-corrected chi connectivity index (χ1v) is 22.3. The molecule has 0 N–H and O–H groups in total. The molecule has 0 saturated heterocycles. The second-order valence-corrected chi connectivity index (χ2v) is 18.8. The molecule has 10 aromatic carbocycles. The molecule has 0 amide bonds. The van der Waals surface area contributed by atoms with Crippen molar-refractivity contribution in [1.82, 2.24) is 9.05 Å². The van der Waals surface area contributed by atoms with E-state index in [0.717, 1.165) is 0 Å². The molecule has 0 fully saturated rings. The molecule has 0 atom stereocenters. The smallest absolute Gasteiger partial charge is 0.333 e. The lowest BCUT2D eigenvalue weighted by Gasteiger charge is -2.37. The van der Waals surface area contributed by atoms with Gasteiger partial charge in [0.1, 0.15) is 0 Å². The van der Waals surface area contributed by atoms with Gasteiger partial charge in [-0.05, 0) is 71.3 Å². The Morgan fingerprint density at radius 2 is 0.937 bits per heavy atom. The van der Waals surface area contributed by atoms with Crippen LogP contribution < -0.4 is 10.9 Å². The minimum atomic E-state index is -0.104. The van der Waals surface area contributed by atoms with Gasteiger partial charge in [0.05, 0.1) is 16.9 Å². The van der Waals surface area contributed by atoms with Gasteiger partial charge in [-0.3, -0.25) is 0 Å². The van der Waals surface area contributed by atoms with Crippen LogP contribution in [0.2, 0.25) is 0 Å². The summed E-state index contributed by atoms with van der Waals surface area (Å²) >= 11 is 0. The highest BCUT2D eigenvalue weighted by Gasteiger charge is 2.45. The van der Waals surface area contributed by atoms with Crippen molar-refractivity contribution in [2.75, 3.05) is 0 Å². The zero-order valence-corrected chi connectivity index (χ0v) is 35.4. The van der Waals surface area contributed by atoms with Crippen molar-refractivity contribution in [3.63, 3.8) is 0 Å². The molecular formula is C60H41BN2. The number of aromatic nitrogens is 2. The van der Waals surface area contributed by atoms with Crippen LogP contribution in [0.25, 0.3) is 116 Å². The Morgan fingerprint density at radius 3 is 1.54 bits per heavy atom. The van der Waals surface area contributed by atoms with E-state index in [0.29, 0.717) is 0 Å². The molecule has 2 aliphatic rings. The molecule has 3 heteroatoms. The summed E-state index contributed by atoms with van der Waals surface area (Å²) in [6, 6.07) is 73.2. The number of nitrogens with zero attached hydrogens (tertiary/aromatic N) is 2. The number of hydrogen-bond donors (Lipinski definition) is 0.